The predicted molar refractivity (Wildman–Crippen MR) is 165 cm³/mol. The maximum Gasteiger partial charge on any atom is 0.337 e. The van der Waals surface area contributed by atoms with Crippen LogP contribution in [0.4, 0.5) is 5.69 Å². The van der Waals surface area contributed by atoms with E-state index in [4.69, 9.17) is 14.2 Å². The van der Waals surface area contributed by atoms with Gasteiger partial charge in [0.15, 0.2) is 0 Å². The normalized spacial score (nSPS) is 14.1. The van der Waals surface area contributed by atoms with Crippen LogP contribution in [0.1, 0.15) is 59.6 Å². The van der Waals surface area contributed by atoms with Crippen LogP contribution in [0.5, 0.6) is 11.5 Å². The first-order valence-electron chi connectivity index (χ1n) is 14.5. The molecule has 0 bridgehead atoms. The average molecular weight is 584 g/mol. The minimum atomic E-state index is -1.07. The number of fused-ring (bicyclic) bond motifs is 1. The fourth-order valence-electron chi connectivity index (χ4n) is 5.81. The first kappa shape index (κ1) is 29.7. The first-order chi connectivity index (χ1) is 20.9. The Kier molecular flexibility index (Phi) is 9.29. The van der Waals surface area contributed by atoms with E-state index in [0.717, 1.165) is 48.6 Å². The third-order valence-corrected chi connectivity index (χ3v) is 8.05. The van der Waals surface area contributed by atoms with Crippen LogP contribution in [0.15, 0.2) is 72.9 Å². The zero-order chi connectivity index (χ0) is 30.3. The SMILES string of the molecule is COC(=O)c1ccc(N(C(=O)Cc2c[nH]c3ccccc23)C(C(=O)NC2CCCCC2)c2ccc(OC)cc2OC)cc1. The molecule has 43 heavy (non-hydrogen) atoms. The van der Waals surface area contributed by atoms with E-state index in [1.807, 2.05) is 30.5 Å². The summed E-state index contributed by atoms with van der Waals surface area (Å²) in [6.07, 6.45) is 6.86. The number of para-hydroxylation sites is 1. The number of anilines is 1. The molecule has 2 N–H and O–H groups in total. The highest BCUT2D eigenvalue weighted by molar-refractivity contribution is 6.04. The molecular formula is C34H37N3O6. The maximum atomic E-state index is 14.4. The molecule has 1 aliphatic carbocycles. The standard InChI is InChI=1S/C34H37N3O6/c1-41-26-17-18-28(30(20-26)42-2)32(33(39)36-24-9-5-4-6-10-24)37(25-15-13-22(14-16-25)34(40)43-3)31(38)19-23-21-35-29-12-8-7-11-27(23)29/h7-8,11-18,20-21,24,32,35H,4-6,9-10,19H2,1-3H3,(H,36,39). The summed E-state index contributed by atoms with van der Waals surface area (Å²) in [5.74, 6) is -0.117. The molecule has 1 saturated carbocycles. The van der Waals surface area contributed by atoms with Gasteiger partial charge in [-0.25, -0.2) is 4.79 Å². The molecule has 0 aliphatic heterocycles. The number of ether oxygens (including phenoxy) is 3. The Morgan fingerprint density at radius 2 is 1.67 bits per heavy atom. The number of methoxy groups -OCH3 is 3. The number of esters is 1. The second kappa shape index (κ2) is 13.5. The molecule has 4 aromatic rings. The molecule has 1 atom stereocenters. The van der Waals surface area contributed by atoms with Crippen LogP contribution in [0.3, 0.4) is 0 Å². The number of hydrogen-bond acceptors (Lipinski definition) is 6. The Balaban J connectivity index is 1.62. The van der Waals surface area contributed by atoms with Crippen molar-refractivity contribution in [3.63, 3.8) is 0 Å². The summed E-state index contributed by atoms with van der Waals surface area (Å²) >= 11 is 0. The van der Waals surface area contributed by atoms with Gasteiger partial charge in [0, 0.05) is 40.5 Å². The number of carbonyl (C=O) groups excluding carboxylic acids is 3. The number of nitrogens with one attached hydrogen (secondary N) is 2. The van der Waals surface area contributed by atoms with Gasteiger partial charge in [-0.3, -0.25) is 14.5 Å². The molecule has 9 nitrogen and oxygen atoms in total. The first-order valence-corrected chi connectivity index (χ1v) is 14.5. The second-order valence-corrected chi connectivity index (χ2v) is 10.7. The van der Waals surface area contributed by atoms with E-state index in [1.54, 1.807) is 49.6 Å². The van der Waals surface area contributed by atoms with Crippen molar-refractivity contribution >= 4 is 34.4 Å². The van der Waals surface area contributed by atoms with Gasteiger partial charge in [-0.1, -0.05) is 37.5 Å². The van der Waals surface area contributed by atoms with E-state index in [2.05, 4.69) is 10.3 Å². The van der Waals surface area contributed by atoms with E-state index in [0.29, 0.717) is 28.3 Å². The lowest BCUT2D eigenvalue weighted by atomic mass is 9.94. The van der Waals surface area contributed by atoms with E-state index >= 15 is 0 Å². The molecule has 0 radical (unpaired) electrons. The lowest BCUT2D eigenvalue weighted by Crippen LogP contribution is -2.47. The van der Waals surface area contributed by atoms with E-state index in [-0.39, 0.29) is 24.3 Å². The van der Waals surface area contributed by atoms with Gasteiger partial charge in [0.2, 0.25) is 11.8 Å². The van der Waals surface area contributed by atoms with Crippen molar-refractivity contribution < 1.29 is 28.6 Å². The van der Waals surface area contributed by atoms with Crippen molar-refractivity contribution in [2.24, 2.45) is 0 Å². The largest absolute Gasteiger partial charge is 0.497 e. The van der Waals surface area contributed by atoms with Gasteiger partial charge in [0.1, 0.15) is 17.5 Å². The Morgan fingerprint density at radius 3 is 2.37 bits per heavy atom. The average Bonchev–Trinajstić information content (AvgIpc) is 3.45. The zero-order valence-electron chi connectivity index (χ0n) is 24.7. The van der Waals surface area contributed by atoms with Crippen molar-refractivity contribution in [1.29, 1.82) is 0 Å². The van der Waals surface area contributed by atoms with Crippen LogP contribution in [0.2, 0.25) is 0 Å². The summed E-state index contributed by atoms with van der Waals surface area (Å²) < 4.78 is 16.0. The number of H-pyrrole nitrogens is 1. The topological polar surface area (TPSA) is 110 Å². The smallest absolute Gasteiger partial charge is 0.337 e. The van der Waals surface area contributed by atoms with Gasteiger partial charge in [0.25, 0.3) is 0 Å². The molecule has 1 aliphatic rings. The number of aromatic nitrogens is 1. The molecule has 3 aromatic carbocycles. The second-order valence-electron chi connectivity index (χ2n) is 10.7. The van der Waals surface area contributed by atoms with E-state index < -0.39 is 12.0 Å². The summed E-state index contributed by atoms with van der Waals surface area (Å²) in [5, 5.41) is 4.16. The molecule has 9 heteroatoms. The fraction of sp³-hybridized carbons (Fsp3) is 0.324. The molecule has 2 amide bonds. The summed E-state index contributed by atoms with van der Waals surface area (Å²) in [6, 6.07) is 18.5. The molecule has 1 unspecified atom stereocenters. The van der Waals surface area contributed by atoms with Crippen molar-refractivity contribution in [1.82, 2.24) is 10.3 Å². The van der Waals surface area contributed by atoms with Crippen LogP contribution >= 0.6 is 0 Å². The van der Waals surface area contributed by atoms with Crippen molar-refractivity contribution in [3.05, 3.63) is 89.6 Å². The van der Waals surface area contributed by atoms with Crippen LogP contribution in [-0.4, -0.2) is 50.1 Å². The highest BCUT2D eigenvalue weighted by Gasteiger charge is 2.36. The van der Waals surface area contributed by atoms with E-state index in [1.165, 1.54) is 19.1 Å². The summed E-state index contributed by atoms with van der Waals surface area (Å²) in [7, 11) is 4.40. The van der Waals surface area contributed by atoms with Gasteiger partial charge < -0.3 is 24.5 Å². The lowest BCUT2D eigenvalue weighted by Gasteiger charge is -2.34. The lowest BCUT2D eigenvalue weighted by molar-refractivity contribution is -0.127. The fourth-order valence-corrected chi connectivity index (χ4v) is 5.81. The van der Waals surface area contributed by atoms with Crippen molar-refractivity contribution in [3.8, 4) is 11.5 Å². The number of rotatable bonds is 10. The molecule has 224 valence electrons. The number of benzene rings is 3. The Bertz CT molecular complexity index is 1590. The summed E-state index contributed by atoms with van der Waals surface area (Å²) in [4.78, 5) is 45.7. The molecule has 0 spiro atoms. The summed E-state index contributed by atoms with van der Waals surface area (Å²) in [6.45, 7) is 0. The molecule has 1 fully saturated rings. The summed E-state index contributed by atoms with van der Waals surface area (Å²) in [5.41, 5.74) is 3.04. The van der Waals surface area contributed by atoms with Gasteiger partial charge in [-0.05, 0) is 60.9 Å². The number of aromatic amines is 1. The minimum Gasteiger partial charge on any atom is -0.497 e. The molecule has 1 heterocycles. The van der Waals surface area contributed by atoms with Crippen molar-refractivity contribution in [2.75, 3.05) is 26.2 Å². The number of hydrogen-bond donors (Lipinski definition) is 2. The number of nitrogens with zero attached hydrogens (tertiary/aromatic N) is 1. The third kappa shape index (κ3) is 6.51. The van der Waals surface area contributed by atoms with Crippen LogP contribution in [-0.2, 0) is 20.7 Å². The third-order valence-electron chi connectivity index (χ3n) is 8.05. The Hall–Kier alpha value is -4.79. The van der Waals surface area contributed by atoms with E-state index in [9.17, 15) is 14.4 Å². The van der Waals surface area contributed by atoms with Gasteiger partial charge in [0.05, 0.1) is 33.3 Å². The quantitative estimate of drug-likeness (QED) is 0.231. The number of carbonyl (C=O) groups is 3. The highest BCUT2D eigenvalue weighted by Crippen LogP contribution is 2.37. The molecule has 1 aromatic heterocycles. The highest BCUT2D eigenvalue weighted by atomic mass is 16.5. The molecule has 5 rings (SSSR count). The predicted octanol–water partition coefficient (Wildman–Crippen LogP) is 5.74. The zero-order valence-corrected chi connectivity index (χ0v) is 24.7. The van der Waals surface area contributed by atoms with Crippen LogP contribution in [0, 0.1) is 0 Å². The Morgan fingerprint density at radius 1 is 0.930 bits per heavy atom. The molecule has 0 saturated heterocycles. The van der Waals surface area contributed by atoms with Crippen LogP contribution in [0.25, 0.3) is 10.9 Å². The van der Waals surface area contributed by atoms with Gasteiger partial charge in [-0.2, -0.15) is 0 Å². The van der Waals surface area contributed by atoms with Crippen molar-refractivity contribution in [2.45, 2.75) is 50.6 Å². The van der Waals surface area contributed by atoms with Crippen LogP contribution < -0.4 is 19.7 Å². The Labute approximate surface area is 251 Å². The maximum absolute atomic E-state index is 14.4. The van der Waals surface area contributed by atoms with Gasteiger partial charge in [-0.15, -0.1) is 0 Å². The molecular weight excluding hydrogens is 546 g/mol. The van der Waals surface area contributed by atoms with Gasteiger partial charge >= 0.3 is 5.97 Å². The minimum absolute atomic E-state index is 0.0141. The number of amides is 2. The monoisotopic (exact) mass is 583 g/mol.